The maximum Gasteiger partial charge on any atom is 0.269 e. The first-order chi connectivity index (χ1) is 12.0. The van der Waals surface area contributed by atoms with Gasteiger partial charge in [0.15, 0.2) is 0 Å². The molecule has 0 aliphatic heterocycles. The van der Waals surface area contributed by atoms with Crippen molar-refractivity contribution in [2.24, 2.45) is 5.92 Å². The summed E-state index contributed by atoms with van der Waals surface area (Å²) in [5.74, 6) is 0.261. The minimum atomic E-state index is -0.448. The van der Waals surface area contributed by atoms with Crippen molar-refractivity contribution in [3.63, 3.8) is 0 Å². The van der Waals surface area contributed by atoms with Crippen LogP contribution in [0.15, 0.2) is 60.7 Å². The molecule has 0 heterocycles. The highest BCUT2D eigenvalue weighted by atomic mass is 16.6. The van der Waals surface area contributed by atoms with Crippen LogP contribution in [0.2, 0.25) is 0 Å². The summed E-state index contributed by atoms with van der Waals surface area (Å²) < 4.78 is 0. The molecule has 2 rings (SSSR count). The van der Waals surface area contributed by atoms with Crippen molar-refractivity contribution in [1.29, 1.82) is 0 Å². The molecule has 0 bridgehead atoms. The maximum atomic E-state index is 12.3. The molecular weight excluding hydrogens is 316 g/mol. The minimum absolute atomic E-state index is 0.0303. The van der Waals surface area contributed by atoms with E-state index in [4.69, 9.17) is 0 Å². The fourth-order valence-electron chi connectivity index (χ4n) is 2.53. The average molecular weight is 338 g/mol. The molecule has 5 nitrogen and oxygen atoms in total. The van der Waals surface area contributed by atoms with Gasteiger partial charge < -0.3 is 5.32 Å². The number of carbonyl (C=O) groups excluding carboxylic acids is 1. The molecule has 0 aromatic heterocycles. The molecule has 1 N–H and O–H groups in total. The van der Waals surface area contributed by atoms with Crippen molar-refractivity contribution in [3.8, 4) is 0 Å². The summed E-state index contributed by atoms with van der Waals surface area (Å²) in [5.41, 5.74) is 1.84. The van der Waals surface area contributed by atoms with Gasteiger partial charge in [-0.15, -0.1) is 0 Å². The van der Waals surface area contributed by atoms with Gasteiger partial charge in [0.25, 0.3) is 5.69 Å². The van der Waals surface area contributed by atoms with Crippen LogP contribution in [0.25, 0.3) is 6.08 Å². The minimum Gasteiger partial charge on any atom is -0.346 e. The van der Waals surface area contributed by atoms with Gasteiger partial charge in [-0.25, -0.2) is 0 Å². The van der Waals surface area contributed by atoms with Crippen molar-refractivity contribution < 1.29 is 9.72 Å². The van der Waals surface area contributed by atoms with E-state index < -0.39 is 4.92 Å². The summed E-state index contributed by atoms with van der Waals surface area (Å²) in [6.45, 7) is 4.24. The molecule has 0 spiro atoms. The van der Waals surface area contributed by atoms with Crippen LogP contribution < -0.4 is 5.32 Å². The van der Waals surface area contributed by atoms with E-state index in [1.807, 2.05) is 30.3 Å². The van der Waals surface area contributed by atoms with Crippen LogP contribution in [0, 0.1) is 16.0 Å². The molecule has 2 aromatic rings. The van der Waals surface area contributed by atoms with Crippen molar-refractivity contribution in [1.82, 2.24) is 5.32 Å². The van der Waals surface area contributed by atoms with E-state index in [1.165, 1.54) is 18.2 Å². The van der Waals surface area contributed by atoms with Crippen LogP contribution in [0.4, 0.5) is 5.69 Å². The zero-order valence-electron chi connectivity index (χ0n) is 14.4. The lowest BCUT2D eigenvalue weighted by atomic mass is 9.97. The largest absolute Gasteiger partial charge is 0.346 e. The van der Waals surface area contributed by atoms with E-state index in [0.29, 0.717) is 5.92 Å². The topological polar surface area (TPSA) is 72.2 Å². The number of benzene rings is 2. The van der Waals surface area contributed by atoms with Gasteiger partial charge in [-0.2, -0.15) is 0 Å². The van der Waals surface area contributed by atoms with Crippen LogP contribution in [-0.2, 0) is 4.79 Å². The normalized spacial score (nSPS) is 12.3. The first kappa shape index (κ1) is 18.4. The van der Waals surface area contributed by atoms with Gasteiger partial charge in [-0.1, -0.05) is 44.2 Å². The highest BCUT2D eigenvalue weighted by molar-refractivity contribution is 5.92. The van der Waals surface area contributed by atoms with Crippen LogP contribution in [0.3, 0.4) is 0 Å². The fraction of sp³-hybridized carbons (Fsp3) is 0.250. The Morgan fingerprint density at radius 1 is 1.12 bits per heavy atom. The predicted molar refractivity (Wildman–Crippen MR) is 98.9 cm³/mol. The summed E-state index contributed by atoms with van der Waals surface area (Å²) in [4.78, 5) is 22.4. The van der Waals surface area contributed by atoms with Crippen molar-refractivity contribution in [3.05, 3.63) is 81.9 Å². The highest BCUT2D eigenvalue weighted by Crippen LogP contribution is 2.21. The number of hydrogen-bond acceptors (Lipinski definition) is 3. The summed E-state index contributed by atoms with van der Waals surface area (Å²) in [7, 11) is 0. The number of nitrogens with one attached hydrogen (secondary N) is 1. The Balaban J connectivity index is 2.04. The summed E-state index contributed by atoms with van der Waals surface area (Å²) in [6, 6.07) is 15.9. The zero-order chi connectivity index (χ0) is 18.2. The van der Waals surface area contributed by atoms with E-state index in [0.717, 1.165) is 17.5 Å². The van der Waals surface area contributed by atoms with Gasteiger partial charge in [0, 0.05) is 18.2 Å². The highest BCUT2D eigenvalue weighted by Gasteiger charge is 2.14. The third-order valence-electron chi connectivity index (χ3n) is 3.76. The number of nitro benzene ring substituents is 1. The third kappa shape index (κ3) is 5.88. The van der Waals surface area contributed by atoms with Crippen LogP contribution in [-0.4, -0.2) is 10.8 Å². The average Bonchev–Trinajstić information content (AvgIpc) is 2.60. The SMILES string of the molecule is CC(C)C[C@@H](NC(=O)/C=C/c1ccc([N+](=O)[O-])cc1)c1ccccc1. The van der Waals surface area contributed by atoms with Crippen LogP contribution >= 0.6 is 0 Å². The summed E-state index contributed by atoms with van der Waals surface area (Å²) in [6.07, 6.45) is 3.95. The van der Waals surface area contributed by atoms with E-state index in [-0.39, 0.29) is 17.6 Å². The van der Waals surface area contributed by atoms with E-state index in [1.54, 1.807) is 18.2 Å². The lowest BCUT2D eigenvalue weighted by molar-refractivity contribution is -0.384. The standard InChI is InChI=1S/C20H22N2O3/c1-15(2)14-19(17-6-4-3-5-7-17)21-20(23)13-10-16-8-11-18(12-9-16)22(24)25/h3-13,15,19H,14H2,1-2H3,(H,21,23)/b13-10+/t19-/m1/s1. The van der Waals surface area contributed by atoms with E-state index in [9.17, 15) is 14.9 Å². The van der Waals surface area contributed by atoms with E-state index in [2.05, 4.69) is 19.2 Å². The van der Waals surface area contributed by atoms with Gasteiger partial charge >= 0.3 is 0 Å². The number of hydrogen-bond donors (Lipinski definition) is 1. The Labute approximate surface area is 147 Å². The quantitative estimate of drug-likeness (QED) is 0.458. The second-order valence-corrected chi connectivity index (χ2v) is 6.28. The molecule has 0 unspecified atom stereocenters. The Kier molecular flexibility index (Phi) is 6.46. The molecule has 0 fully saturated rings. The lowest BCUT2D eigenvalue weighted by Crippen LogP contribution is -2.27. The number of rotatable bonds is 7. The summed E-state index contributed by atoms with van der Waals surface area (Å²) in [5, 5.41) is 13.7. The number of amides is 1. The monoisotopic (exact) mass is 338 g/mol. The first-order valence-electron chi connectivity index (χ1n) is 8.23. The lowest BCUT2D eigenvalue weighted by Gasteiger charge is -2.20. The Bertz CT molecular complexity index is 737. The molecule has 0 saturated carbocycles. The molecule has 0 aliphatic carbocycles. The molecule has 1 amide bonds. The summed E-state index contributed by atoms with van der Waals surface area (Å²) >= 11 is 0. The molecule has 130 valence electrons. The second kappa shape index (κ2) is 8.78. The molecule has 25 heavy (non-hydrogen) atoms. The van der Waals surface area contributed by atoms with Gasteiger partial charge in [0.1, 0.15) is 0 Å². The van der Waals surface area contributed by atoms with Gasteiger partial charge in [-0.05, 0) is 41.7 Å². The maximum absolute atomic E-state index is 12.3. The Hall–Kier alpha value is -2.95. The Morgan fingerprint density at radius 3 is 2.32 bits per heavy atom. The van der Waals surface area contributed by atoms with E-state index >= 15 is 0 Å². The first-order valence-corrected chi connectivity index (χ1v) is 8.23. The molecular formula is C20H22N2O3. The number of carbonyl (C=O) groups is 1. The molecule has 5 heteroatoms. The third-order valence-corrected chi connectivity index (χ3v) is 3.76. The van der Waals surface area contributed by atoms with Crippen LogP contribution in [0.1, 0.15) is 37.4 Å². The van der Waals surface area contributed by atoms with Gasteiger partial charge in [0.05, 0.1) is 11.0 Å². The number of non-ortho nitro benzene ring substituents is 1. The number of nitro groups is 1. The number of nitrogens with zero attached hydrogens (tertiary/aromatic N) is 1. The molecule has 1 atom stereocenters. The zero-order valence-corrected chi connectivity index (χ0v) is 14.4. The van der Waals surface area contributed by atoms with Crippen molar-refractivity contribution in [2.45, 2.75) is 26.3 Å². The van der Waals surface area contributed by atoms with Gasteiger partial charge in [-0.3, -0.25) is 14.9 Å². The predicted octanol–water partition coefficient (Wildman–Crippen LogP) is 4.51. The molecule has 0 saturated heterocycles. The smallest absolute Gasteiger partial charge is 0.269 e. The molecule has 0 radical (unpaired) electrons. The van der Waals surface area contributed by atoms with Crippen molar-refractivity contribution >= 4 is 17.7 Å². The van der Waals surface area contributed by atoms with Crippen LogP contribution in [0.5, 0.6) is 0 Å². The van der Waals surface area contributed by atoms with Crippen molar-refractivity contribution in [2.75, 3.05) is 0 Å². The molecule has 0 aliphatic rings. The van der Waals surface area contributed by atoms with Gasteiger partial charge in [0.2, 0.25) is 5.91 Å². The fourth-order valence-corrected chi connectivity index (χ4v) is 2.53. The second-order valence-electron chi connectivity index (χ2n) is 6.28. The molecule has 2 aromatic carbocycles. The Morgan fingerprint density at radius 2 is 1.76 bits per heavy atom.